The van der Waals surface area contributed by atoms with E-state index in [2.05, 4.69) is 18.9 Å². The lowest BCUT2D eigenvalue weighted by Crippen LogP contribution is -2.15. The van der Waals surface area contributed by atoms with Crippen molar-refractivity contribution in [3.63, 3.8) is 0 Å². The van der Waals surface area contributed by atoms with Crippen molar-refractivity contribution < 1.29 is 59.2 Å². The third kappa shape index (κ3) is 16.7. The highest BCUT2D eigenvalue weighted by Gasteiger charge is 2.23. The molecule has 2 rings (SSSR count). The van der Waals surface area contributed by atoms with Gasteiger partial charge < -0.3 is 49.6 Å². The van der Waals surface area contributed by atoms with Crippen molar-refractivity contribution in [2.75, 3.05) is 52.9 Å². The minimum atomic E-state index is -0.954. The molecule has 2 fully saturated rings. The maximum absolute atomic E-state index is 10.1. The highest BCUT2D eigenvalue weighted by atomic mass is 16.8. The van der Waals surface area contributed by atoms with Crippen LogP contribution in [0.5, 0.6) is 0 Å². The maximum atomic E-state index is 10.1. The van der Waals surface area contributed by atoms with Gasteiger partial charge in [-0.25, -0.2) is 9.59 Å². The van der Waals surface area contributed by atoms with E-state index in [0.717, 1.165) is 0 Å². The molecule has 12 heteroatoms. The molecule has 24 heavy (non-hydrogen) atoms. The largest absolute Gasteiger partial charge is 0.508 e. The first-order chi connectivity index (χ1) is 11.4. The van der Waals surface area contributed by atoms with Gasteiger partial charge in [0.1, 0.15) is 25.9 Å². The van der Waals surface area contributed by atoms with Gasteiger partial charge in [-0.2, -0.15) is 0 Å². The van der Waals surface area contributed by atoms with Crippen molar-refractivity contribution in [3.8, 4) is 0 Å². The lowest BCUT2D eigenvalue weighted by molar-refractivity contribution is 0.0450. The summed E-state index contributed by atoms with van der Waals surface area (Å²) in [7, 11) is 0. The molecule has 0 aromatic rings. The Hall–Kier alpha value is -1.70. The number of rotatable bonds is 4. The fraction of sp³-hybridized carbons (Fsp3) is 0.833. The first-order valence-corrected chi connectivity index (χ1v) is 6.80. The number of aliphatic hydroxyl groups excluding tert-OH is 6. The average Bonchev–Trinajstić information content (AvgIpc) is 3.26. The fourth-order valence-corrected chi connectivity index (χ4v) is 0.804. The standard InChI is InChI=1S/C4H6O4.C3H4O3.C3H8O3.C2H6O2/c5-1-3-2-7-4(6)8-3;4-3-5-1-2-6-3;4-1-3(6)2-5;3-1-2-4/h3,5H,1-2H2;1-2H2;3-6H,1-2H2;3-4H,1-2H2. The van der Waals surface area contributed by atoms with Gasteiger partial charge in [-0.3, -0.25) is 0 Å². The van der Waals surface area contributed by atoms with Crippen molar-refractivity contribution in [1.82, 2.24) is 0 Å². The molecule has 0 amide bonds. The molecular weight excluding hydrogens is 336 g/mol. The number of carbonyl (C=O) groups excluding carboxylic acids is 2. The van der Waals surface area contributed by atoms with Gasteiger partial charge in [0.25, 0.3) is 0 Å². The Kier molecular flexibility index (Phi) is 18.1. The van der Waals surface area contributed by atoms with Crippen molar-refractivity contribution in [2.45, 2.75) is 12.2 Å². The van der Waals surface area contributed by atoms with Crippen molar-refractivity contribution in [2.24, 2.45) is 0 Å². The van der Waals surface area contributed by atoms with Crippen LogP contribution in [0.15, 0.2) is 0 Å². The van der Waals surface area contributed by atoms with Crippen LogP contribution in [0.1, 0.15) is 0 Å². The SMILES string of the molecule is O=C1OCC(CO)O1.O=C1OCCO1.OCC(O)CO.OCCO. The first kappa shape index (κ1) is 24.6. The van der Waals surface area contributed by atoms with Crippen LogP contribution >= 0.6 is 0 Å². The molecule has 0 spiro atoms. The van der Waals surface area contributed by atoms with Crippen molar-refractivity contribution in [1.29, 1.82) is 0 Å². The molecule has 144 valence electrons. The van der Waals surface area contributed by atoms with Gasteiger partial charge in [-0.1, -0.05) is 0 Å². The quantitative estimate of drug-likeness (QED) is 0.278. The second kappa shape index (κ2) is 17.7. The third-order valence-corrected chi connectivity index (χ3v) is 1.90. The predicted molar refractivity (Wildman–Crippen MR) is 75.0 cm³/mol. The number of hydrogen-bond donors (Lipinski definition) is 6. The Morgan fingerprint density at radius 3 is 1.50 bits per heavy atom. The third-order valence-electron chi connectivity index (χ3n) is 1.90. The lowest BCUT2D eigenvalue weighted by Gasteiger charge is -1.96. The predicted octanol–water partition coefficient (Wildman–Crippen LogP) is -3.03. The number of ether oxygens (including phenoxy) is 4. The van der Waals surface area contributed by atoms with Crippen LogP contribution in [-0.4, -0.2) is 108 Å². The van der Waals surface area contributed by atoms with Crippen LogP contribution in [0.2, 0.25) is 0 Å². The molecule has 0 radical (unpaired) electrons. The van der Waals surface area contributed by atoms with E-state index >= 15 is 0 Å². The molecule has 0 saturated carbocycles. The van der Waals surface area contributed by atoms with Crippen LogP contribution in [0.4, 0.5) is 9.59 Å². The molecule has 2 aliphatic heterocycles. The van der Waals surface area contributed by atoms with Crippen LogP contribution in [0, 0.1) is 0 Å². The molecule has 0 aromatic carbocycles. The molecule has 1 unspecified atom stereocenters. The van der Waals surface area contributed by atoms with E-state index in [0.29, 0.717) is 13.2 Å². The summed E-state index contributed by atoms with van der Waals surface area (Å²) in [6.07, 6.45) is -2.63. The van der Waals surface area contributed by atoms with E-state index in [1.807, 2.05) is 0 Å². The molecule has 0 bridgehead atoms. The minimum Gasteiger partial charge on any atom is -0.431 e. The molecule has 0 aliphatic carbocycles. The molecule has 2 saturated heterocycles. The zero-order valence-electron chi connectivity index (χ0n) is 12.9. The molecular formula is C12H24O12. The van der Waals surface area contributed by atoms with E-state index in [-0.39, 0.29) is 39.6 Å². The molecule has 2 heterocycles. The van der Waals surface area contributed by atoms with Crippen LogP contribution in [0.25, 0.3) is 0 Å². The highest BCUT2D eigenvalue weighted by Crippen LogP contribution is 2.03. The fourth-order valence-electron chi connectivity index (χ4n) is 0.804. The smallest absolute Gasteiger partial charge is 0.431 e. The monoisotopic (exact) mass is 360 g/mol. The number of carbonyl (C=O) groups is 2. The second-order valence-corrected chi connectivity index (χ2v) is 3.90. The van der Waals surface area contributed by atoms with E-state index < -0.39 is 24.5 Å². The maximum Gasteiger partial charge on any atom is 0.508 e. The van der Waals surface area contributed by atoms with E-state index in [4.69, 9.17) is 30.6 Å². The Labute approximate surface area is 137 Å². The second-order valence-electron chi connectivity index (χ2n) is 3.90. The number of hydrogen-bond acceptors (Lipinski definition) is 12. The molecule has 1 atom stereocenters. The molecule has 12 nitrogen and oxygen atoms in total. The van der Waals surface area contributed by atoms with Gasteiger partial charge in [-0.15, -0.1) is 0 Å². The van der Waals surface area contributed by atoms with Gasteiger partial charge in [-0.05, 0) is 0 Å². The molecule has 0 aromatic heterocycles. The van der Waals surface area contributed by atoms with Gasteiger partial charge in [0.15, 0.2) is 6.10 Å². The summed E-state index contributed by atoms with van der Waals surface area (Å²) < 4.78 is 17.3. The van der Waals surface area contributed by atoms with E-state index in [9.17, 15) is 9.59 Å². The Bertz CT molecular complexity index is 296. The summed E-state index contributed by atoms with van der Waals surface area (Å²) in [6, 6.07) is 0. The number of cyclic esters (lactones) is 4. The van der Waals surface area contributed by atoms with Gasteiger partial charge in [0, 0.05) is 0 Å². The topological polar surface area (TPSA) is 192 Å². The Morgan fingerprint density at radius 2 is 1.38 bits per heavy atom. The number of aliphatic hydroxyl groups is 6. The van der Waals surface area contributed by atoms with Gasteiger partial charge in [0.05, 0.1) is 33.0 Å². The molecule has 6 N–H and O–H groups in total. The van der Waals surface area contributed by atoms with Gasteiger partial charge in [0.2, 0.25) is 0 Å². The van der Waals surface area contributed by atoms with E-state index in [1.165, 1.54) is 0 Å². The van der Waals surface area contributed by atoms with E-state index in [1.54, 1.807) is 0 Å². The zero-order chi connectivity index (χ0) is 18.8. The summed E-state index contributed by atoms with van der Waals surface area (Å²) in [4.78, 5) is 19.9. The van der Waals surface area contributed by atoms with Crippen LogP contribution in [-0.2, 0) is 18.9 Å². The lowest BCUT2D eigenvalue weighted by atomic mass is 10.4. The summed E-state index contributed by atoms with van der Waals surface area (Å²) in [5.41, 5.74) is 0. The molecule has 2 aliphatic rings. The van der Waals surface area contributed by atoms with Crippen molar-refractivity contribution >= 4 is 12.3 Å². The zero-order valence-corrected chi connectivity index (χ0v) is 12.9. The summed E-state index contributed by atoms with van der Waals surface area (Å²) >= 11 is 0. The summed E-state index contributed by atoms with van der Waals surface area (Å²) in [5.74, 6) is 0. The highest BCUT2D eigenvalue weighted by molar-refractivity contribution is 5.61. The Morgan fingerprint density at radius 1 is 0.875 bits per heavy atom. The first-order valence-electron chi connectivity index (χ1n) is 6.80. The van der Waals surface area contributed by atoms with Gasteiger partial charge >= 0.3 is 12.3 Å². The average molecular weight is 360 g/mol. The normalized spacial score (nSPS) is 17.7. The summed E-state index contributed by atoms with van der Waals surface area (Å²) in [5, 5.41) is 47.6. The summed E-state index contributed by atoms with van der Waals surface area (Å²) in [6.45, 7) is -0.133. The van der Waals surface area contributed by atoms with Crippen LogP contribution < -0.4 is 0 Å². The Balaban J connectivity index is 0. The van der Waals surface area contributed by atoms with Crippen molar-refractivity contribution in [3.05, 3.63) is 0 Å². The van der Waals surface area contributed by atoms with Crippen LogP contribution in [0.3, 0.4) is 0 Å². The minimum absolute atomic E-state index is 0.125.